The summed E-state index contributed by atoms with van der Waals surface area (Å²) in [7, 11) is 0. The van der Waals surface area contributed by atoms with Crippen molar-refractivity contribution in [1.82, 2.24) is 15.0 Å². The number of hydrogen-bond donors (Lipinski definition) is 0. The van der Waals surface area contributed by atoms with E-state index >= 15 is 0 Å². The van der Waals surface area contributed by atoms with Crippen LogP contribution in [0.5, 0.6) is 0 Å². The third-order valence-electron chi connectivity index (χ3n) is 10.2. The van der Waals surface area contributed by atoms with Gasteiger partial charge in [0.2, 0.25) is 0 Å². The zero-order chi connectivity index (χ0) is 32.4. The average molecular weight is 624 g/mol. The van der Waals surface area contributed by atoms with Crippen molar-refractivity contribution in [2.45, 2.75) is 5.41 Å². The van der Waals surface area contributed by atoms with Gasteiger partial charge in [0.15, 0.2) is 17.5 Å². The molecular formula is C46H29N3. The maximum Gasteiger partial charge on any atom is 0.163 e. The zero-order valence-electron chi connectivity index (χ0n) is 26.6. The summed E-state index contributed by atoms with van der Waals surface area (Å²) in [6, 6.07) is 62.5. The molecule has 228 valence electrons. The molecule has 0 radical (unpaired) electrons. The van der Waals surface area contributed by atoms with Gasteiger partial charge in [0, 0.05) is 11.1 Å². The molecule has 49 heavy (non-hydrogen) atoms. The fourth-order valence-corrected chi connectivity index (χ4v) is 7.95. The van der Waals surface area contributed by atoms with Gasteiger partial charge in [-0.2, -0.15) is 0 Å². The van der Waals surface area contributed by atoms with Crippen LogP contribution in [0.15, 0.2) is 176 Å². The fourth-order valence-electron chi connectivity index (χ4n) is 7.95. The molecule has 1 aliphatic rings. The van der Waals surface area contributed by atoms with Gasteiger partial charge >= 0.3 is 0 Å². The first-order valence-corrected chi connectivity index (χ1v) is 16.7. The Morgan fingerprint density at radius 1 is 0.347 bits per heavy atom. The normalized spacial score (nSPS) is 13.1. The Morgan fingerprint density at radius 3 is 1.59 bits per heavy atom. The summed E-state index contributed by atoms with van der Waals surface area (Å²) in [5, 5.41) is 7.32. The first-order chi connectivity index (χ1) is 24.3. The highest BCUT2D eigenvalue weighted by Crippen LogP contribution is 2.55. The van der Waals surface area contributed by atoms with Crippen LogP contribution in [0.25, 0.3) is 66.2 Å². The smallest absolute Gasteiger partial charge is 0.163 e. The van der Waals surface area contributed by atoms with Crippen LogP contribution >= 0.6 is 0 Å². The van der Waals surface area contributed by atoms with Gasteiger partial charge in [-0.05, 0) is 66.2 Å². The fraction of sp³-hybridized carbons (Fsp3) is 0.0217. The van der Waals surface area contributed by atoms with E-state index in [0.29, 0.717) is 17.5 Å². The standard InChI is InChI=1S/C46H29N3/c1-3-14-32(15-4-1)43-47-44(33-24-23-31-26-27-36-35-18-8-7-13-30(35)25-28-37(36)40(31)29-33)49-45(48-43)46(34-16-5-2-6-17-34)41-21-11-9-19-38(41)39-20-10-12-22-42(39)46/h1-29H. The third-order valence-corrected chi connectivity index (χ3v) is 10.2. The van der Waals surface area contributed by atoms with Crippen LogP contribution in [0.4, 0.5) is 0 Å². The van der Waals surface area contributed by atoms with E-state index in [0.717, 1.165) is 16.7 Å². The molecule has 0 bridgehead atoms. The van der Waals surface area contributed by atoms with Crippen LogP contribution < -0.4 is 0 Å². The topological polar surface area (TPSA) is 38.7 Å². The minimum atomic E-state index is -0.738. The summed E-state index contributed by atoms with van der Waals surface area (Å²) < 4.78 is 0. The SMILES string of the molecule is c1ccc(-c2nc(-c3ccc4ccc5c6ccccc6ccc5c4c3)nc(C3(c4ccccc4)c4ccccc4-c4ccccc43)n2)cc1. The molecule has 10 rings (SSSR count). The van der Waals surface area contributed by atoms with Crippen molar-refractivity contribution in [1.29, 1.82) is 0 Å². The Kier molecular flexibility index (Phi) is 6.09. The van der Waals surface area contributed by atoms with E-state index in [-0.39, 0.29) is 0 Å². The molecule has 8 aromatic carbocycles. The molecule has 0 fully saturated rings. The van der Waals surface area contributed by atoms with Crippen LogP contribution in [-0.2, 0) is 5.41 Å². The molecular weight excluding hydrogens is 595 g/mol. The van der Waals surface area contributed by atoms with Crippen LogP contribution in [0.1, 0.15) is 22.5 Å². The van der Waals surface area contributed by atoms with Gasteiger partial charge < -0.3 is 0 Å². The summed E-state index contributed by atoms with van der Waals surface area (Å²) in [5.74, 6) is 2.02. The van der Waals surface area contributed by atoms with E-state index in [1.165, 1.54) is 54.6 Å². The second-order valence-corrected chi connectivity index (χ2v) is 12.8. The molecule has 0 unspecified atom stereocenters. The molecule has 0 atom stereocenters. The van der Waals surface area contributed by atoms with Gasteiger partial charge in [0.05, 0.1) is 0 Å². The number of benzene rings is 8. The van der Waals surface area contributed by atoms with E-state index in [4.69, 9.17) is 15.0 Å². The van der Waals surface area contributed by atoms with E-state index < -0.39 is 5.41 Å². The molecule has 1 aliphatic carbocycles. The Labute approximate surface area is 284 Å². The Bertz CT molecular complexity index is 2670. The summed E-state index contributed by atoms with van der Waals surface area (Å²) in [5.41, 5.74) is 7.05. The maximum atomic E-state index is 5.47. The van der Waals surface area contributed by atoms with Crippen LogP contribution in [0.2, 0.25) is 0 Å². The highest BCUT2D eigenvalue weighted by Gasteiger charge is 2.48. The lowest BCUT2D eigenvalue weighted by molar-refractivity contribution is 0.692. The zero-order valence-corrected chi connectivity index (χ0v) is 26.6. The van der Waals surface area contributed by atoms with Crippen molar-refractivity contribution in [2.24, 2.45) is 0 Å². The lowest BCUT2D eigenvalue weighted by Gasteiger charge is -2.32. The quantitative estimate of drug-likeness (QED) is 0.183. The van der Waals surface area contributed by atoms with Gasteiger partial charge in [-0.15, -0.1) is 0 Å². The first-order valence-electron chi connectivity index (χ1n) is 16.7. The lowest BCUT2D eigenvalue weighted by Crippen LogP contribution is -2.31. The predicted octanol–water partition coefficient (Wildman–Crippen LogP) is 11.0. The van der Waals surface area contributed by atoms with Gasteiger partial charge in [0.1, 0.15) is 5.41 Å². The van der Waals surface area contributed by atoms with E-state index in [2.05, 4.69) is 158 Å². The van der Waals surface area contributed by atoms with Gasteiger partial charge in [-0.1, -0.05) is 170 Å². The molecule has 0 spiro atoms. The van der Waals surface area contributed by atoms with Crippen molar-refractivity contribution < 1.29 is 0 Å². The molecule has 0 aliphatic heterocycles. The molecule has 0 amide bonds. The molecule has 0 N–H and O–H groups in total. The molecule has 0 saturated heterocycles. The number of aromatic nitrogens is 3. The number of hydrogen-bond acceptors (Lipinski definition) is 3. The van der Waals surface area contributed by atoms with E-state index in [1.54, 1.807) is 0 Å². The molecule has 3 nitrogen and oxygen atoms in total. The highest BCUT2D eigenvalue weighted by atomic mass is 15.0. The Morgan fingerprint density at radius 2 is 0.878 bits per heavy atom. The maximum absolute atomic E-state index is 5.47. The minimum Gasteiger partial charge on any atom is -0.211 e. The van der Waals surface area contributed by atoms with Gasteiger partial charge in [-0.3, -0.25) is 0 Å². The van der Waals surface area contributed by atoms with Crippen LogP contribution in [-0.4, -0.2) is 15.0 Å². The second kappa shape index (κ2) is 10.8. The van der Waals surface area contributed by atoms with Crippen LogP contribution in [0.3, 0.4) is 0 Å². The molecule has 1 heterocycles. The predicted molar refractivity (Wildman–Crippen MR) is 201 cm³/mol. The highest BCUT2D eigenvalue weighted by molar-refractivity contribution is 6.17. The summed E-state index contributed by atoms with van der Waals surface area (Å²) >= 11 is 0. The summed E-state index contributed by atoms with van der Waals surface area (Å²) in [4.78, 5) is 16.1. The van der Waals surface area contributed by atoms with Crippen molar-refractivity contribution in [3.8, 4) is 33.9 Å². The van der Waals surface area contributed by atoms with Crippen LogP contribution in [0, 0.1) is 0 Å². The molecule has 3 heteroatoms. The largest absolute Gasteiger partial charge is 0.211 e. The second-order valence-electron chi connectivity index (χ2n) is 12.8. The summed E-state index contributed by atoms with van der Waals surface area (Å²) in [6.45, 7) is 0. The lowest BCUT2D eigenvalue weighted by atomic mass is 9.71. The van der Waals surface area contributed by atoms with Crippen molar-refractivity contribution in [3.63, 3.8) is 0 Å². The van der Waals surface area contributed by atoms with E-state index in [9.17, 15) is 0 Å². The minimum absolute atomic E-state index is 0.653. The van der Waals surface area contributed by atoms with Crippen molar-refractivity contribution in [2.75, 3.05) is 0 Å². The number of nitrogens with zero attached hydrogens (tertiary/aromatic N) is 3. The molecule has 0 saturated carbocycles. The number of fused-ring (bicyclic) bond motifs is 8. The monoisotopic (exact) mass is 623 g/mol. The molecule has 1 aromatic heterocycles. The number of rotatable bonds is 4. The molecule has 9 aromatic rings. The average Bonchev–Trinajstić information content (AvgIpc) is 3.49. The van der Waals surface area contributed by atoms with Gasteiger partial charge in [0.25, 0.3) is 0 Å². The van der Waals surface area contributed by atoms with Gasteiger partial charge in [-0.25, -0.2) is 15.0 Å². The third kappa shape index (κ3) is 4.12. The first kappa shape index (κ1) is 27.6. The summed E-state index contributed by atoms with van der Waals surface area (Å²) in [6.07, 6.45) is 0. The Hall–Kier alpha value is -6.45. The van der Waals surface area contributed by atoms with E-state index in [1.807, 2.05) is 18.2 Å². The van der Waals surface area contributed by atoms with Crippen molar-refractivity contribution in [3.05, 3.63) is 198 Å². The Balaban J connectivity index is 1.29. The van der Waals surface area contributed by atoms with Crippen molar-refractivity contribution >= 4 is 32.3 Å².